The van der Waals surface area contributed by atoms with E-state index in [2.05, 4.69) is 0 Å². The Bertz CT molecular complexity index is 643. The number of amides is 2. The van der Waals surface area contributed by atoms with E-state index in [0.29, 0.717) is 10.6 Å². The largest absolute Gasteiger partial charge is 0.532 e. The SMILES string of the molecule is CC(C)OC(=O)NN(C(=O)OC(C)C)/C(=C\c1ccccc1)[N+](=O)[O-]. The fourth-order valence-corrected chi connectivity index (χ4v) is 1.68. The molecule has 0 heterocycles. The second-order valence-corrected chi connectivity index (χ2v) is 5.50. The second-order valence-electron chi connectivity index (χ2n) is 5.50. The molecule has 1 aromatic rings. The van der Waals surface area contributed by atoms with Crippen molar-refractivity contribution in [1.82, 2.24) is 10.4 Å². The van der Waals surface area contributed by atoms with Gasteiger partial charge in [0.25, 0.3) is 0 Å². The molecule has 25 heavy (non-hydrogen) atoms. The Balaban J connectivity index is 3.20. The first-order valence-corrected chi connectivity index (χ1v) is 7.59. The molecule has 0 fully saturated rings. The normalized spacial score (nSPS) is 11.2. The number of carbonyl (C=O) groups is 2. The minimum Gasteiger partial charge on any atom is -0.445 e. The fraction of sp³-hybridized carbons (Fsp3) is 0.375. The number of hydrazine groups is 1. The monoisotopic (exact) mass is 351 g/mol. The van der Waals surface area contributed by atoms with Crippen molar-refractivity contribution in [1.29, 1.82) is 0 Å². The summed E-state index contributed by atoms with van der Waals surface area (Å²) >= 11 is 0. The van der Waals surface area contributed by atoms with Gasteiger partial charge in [0.05, 0.1) is 6.10 Å². The Morgan fingerprint density at radius 3 is 2.16 bits per heavy atom. The zero-order valence-electron chi connectivity index (χ0n) is 14.5. The van der Waals surface area contributed by atoms with Gasteiger partial charge in [-0.05, 0) is 43.2 Å². The van der Waals surface area contributed by atoms with Crippen LogP contribution in [0.1, 0.15) is 33.3 Å². The smallest absolute Gasteiger partial charge is 0.445 e. The third-order valence-corrected chi connectivity index (χ3v) is 2.58. The van der Waals surface area contributed by atoms with Crippen molar-refractivity contribution in [3.05, 3.63) is 51.8 Å². The van der Waals surface area contributed by atoms with Gasteiger partial charge >= 0.3 is 18.0 Å². The summed E-state index contributed by atoms with van der Waals surface area (Å²) in [5.41, 5.74) is 2.51. The zero-order chi connectivity index (χ0) is 19.0. The van der Waals surface area contributed by atoms with E-state index in [9.17, 15) is 19.7 Å². The third kappa shape index (κ3) is 6.90. The number of hydrogen-bond donors (Lipinski definition) is 1. The maximum atomic E-state index is 12.2. The van der Waals surface area contributed by atoms with E-state index in [0.717, 1.165) is 6.08 Å². The number of rotatable bonds is 5. The zero-order valence-corrected chi connectivity index (χ0v) is 14.5. The molecule has 0 aliphatic rings. The van der Waals surface area contributed by atoms with Gasteiger partial charge in [0, 0.05) is 6.08 Å². The summed E-state index contributed by atoms with van der Waals surface area (Å²) in [5, 5.41) is 11.8. The molecule has 9 heteroatoms. The Hall–Kier alpha value is -3.10. The van der Waals surface area contributed by atoms with E-state index in [1.165, 1.54) is 0 Å². The van der Waals surface area contributed by atoms with Crippen LogP contribution >= 0.6 is 0 Å². The molecule has 136 valence electrons. The summed E-state index contributed by atoms with van der Waals surface area (Å²) in [6.45, 7) is 6.36. The summed E-state index contributed by atoms with van der Waals surface area (Å²) in [7, 11) is 0. The molecule has 0 saturated carbocycles. The van der Waals surface area contributed by atoms with Crippen molar-refractivity contribution >= 4 is 18.3 Å². The molecule has 1 N–H and O–H groups in total. The molecule has 0 radical (unpaired) electrons. The molecule has 0 aliphatic heterocycles. The number of ether oxygens (including phenoxy) is 2. The van der Waals surface area contributed by atoms with Gasteiger partial charge in [0.15, 0.2) is 0 Å². The Morgan fingerprint density at radius 2 is 1.68 bits per heavy atom. The molecule has 1 rings (SSSR count). The van der Waals surface area contributed by atoms with Crippen LogP contribution in [-0.4, -0.2) is 34.3 Å². The number of benzene rings is 1. The van der Waals surface area contributed by atoms with Crippen LogP contribution in [0.2, 0.25) is 0 Å². The Kier molecular flexibility index (Phi) is 7.39. The highest BCUT2D eigenvalue weighted by atomic mass is 16.6. The number of nitro groups is 1. The number of nitrogens with one attached hydrogen (secondary N) is 1. The fourth-order valence-electron chi connectivity index (χ4n) is 1.68. The van der Waals surface area contributed by atoms with Crippen molar-refractivity contribution < 1.29 is 24.0 Å². The van der Waals surface area contributed by atoms with Crippen molar-refractivity contribution in [2.45, 2.75) is 39.9 Å². The van der Waals surface area contributed by atoms with Crippen LogP contribution in [0.25, 0.3) is 6.08 Å². The van der Waals surface area contributed by atoms with Crippen LogP contribution in [-0.2, 0) is 9.47 Å². The average Bonchev–Trinajstić information content (AvgIpc) is 2.50. The molecule has 0 aromatic heterocycles. The van der Waals surface area contributed by atoms with Gasteiger partial charge in [0.2, 0.25) is 0 Å². The van der Waals surface area contributed by atoms with E-state index in [-0.39, 0.29) is 0 Å². The minimum absolute atomic E-state index is 0.414. The number of carbonyl (C=O) groups excluding carboxylic acids is 2. The molecule has 0 atom stereocenters. The van der Waals surface area contributed by atoms with E-state index in [1.54, 1.807) is 58.0 Å². The lowest BCUT2D eigenvalue weighted by molar-refractivity contribution is -0.443. The summed E-state index contributed by atoms with van der Waals surface area (Å²) in [4.78, 5) is 34.6. The first-order valence-electron chi connectivity index (χ1n) is 7.59. The lowest BCUT2D eigenvalue weighted by Crippen LogP contribution is -2.48. The number of nitrogens with zero attached hydrogens (tertiary/aromatic N) is 2. The highest BCUT2D eigenvalue weighted by Crippen LogP contribution is 2.13. The lowest BCUT2D eigenvalue weighted by atomic mass is 10.2. The van der Waals surface area contributed by atoms with Gasteiger partial charge in [0.1, 0.15) is 6.10 Å². The summed E-state index contributed by atoms with van der Waals surface area (Å²) in [5.74, 6) is -0.683. The predicted molar refractivity (Wildman–Crippen MR) is 89.6 cm³/mol. The Morgan fingerprint density at radius 1 is 1.12 bits per heavy atom. The van der Waals surface area contributed by atoms with Gasteiger partial charge in [-0.3, -0.25) is 0 Å². The van der Waals surface area contributed by atoms with Crippen molar-refractivity contribution in [2.24, 2.45) is 0 Å². The topological polar surface area (TPSA) is 111 Å². The van der Waals surface area contributed by atoms with Crippen LogP contribution < -0.4 is 5.43 Å². The van der Waals surface area contributed by atoms with Crippen LogP contribution in [0.15, 0.2) is 36.2 Å². The van der Waals surface area contributed by atoms with E-state index in [1.807, 2.05) is 5.43 Å². The highest BCUT2D eigenvalue weighted by molar-refractivity contribution is 5.76. The standard InChI is InChI=1S/C16H21N3O6/c1-11(2)24-15(20)17-18(16(21)25-12(3)4)14(19(22)23)10-13-8-6-5-7-9-13/h5-12H,1-4H3,(H,17,20)/b14-10+. The second kappa shape index (κ2) is 9.26. The molecule has 2 amide bonds. The van der Waals surface area contributed by atoms with Crippen LogP contribution in [0.3, 0.4) is 0 Å². The molecule has 0 aliphatic carbocycles. The maximum Gasteiger partial charge on any atom is 0.532 e. The first-order chi connectivity index (χ1) is 11.7. The average molecular weight is 351 g/mol. The van der Waals surface area contributed by atoms with Crippen molar-refractivity contribution in [3.63, 3.8) is 0 Å². The maximum absolute atomic E-state index is 12.2. The predicted octanol–water partition coefficient (Wildman–Crippen LogP) is 3.16. The van der Waals surface area contributed by atoms with E-state index in [4.69, 9.17) is 9.47 Å². The molecule has 9 nitrogen and oxygen atoms in total. The summed E-state index contributed by atoms with van der Waals surface area (Å²) in [6.07, 6.45) is -1.99. The molecule has 0 unspecified atom stereocenters. The Labute approximate surface area is 145 Å². The third-order valence-electron chi connectivity index (χ3n) is 2.58. The number of hydrogen-bond acceptors (Lipinski definition) is 6. The van der Waals surface area contributed by atoms with E-state index >= 15 is 0 Å². The lowest BCUT2D eigenvalue weighted by Gasteiger charge is -2.18. The molecule has 0 bridgehead atoms. The van der Waals surface area contributed by atoms with Gasteiger partial charge in [-0.2, -0.15) is 4.79 Å². The molecular formula is C16H21N3O6. The van der Waals surface area contributed by atoms with Crippen LogP contribution in [0.4, 0.5) is 9.59 Å². The molecule has 0 spiro atoms. The van der Waals surface area contributed by atoms with Crippen LogP contribution in [0, 0.1) is 10.1 Å². The van der Waals surface area contributed by atoms with Crippen molar-refractivity contribution in [2.75, 3.05) is 0 Å². The molecule has 0 saturated heterocycles. The van der Waals surface area contributed by atoms with Gasteiger partial charge in [-0.1, -0.05) is 30.3 Å². The van der Waals surface area contributed by atoms with E-state index < -0.39 is 35.1 Å². The molecule has 1 aromatic carbocycles. The van der Waals surface area contributed by atoms with Gasteiger partial charge < -0.3 is 19.6 Å². The quantitative estimate of drug-likeness (QED) is 0.644. The minimum atomic E-state index is -1.10. The summed E-state index contributed by atoms with van der Waals surface area (Å²) in [6, 6.07) is 8.33. The summed E-state index contributed by atoms with van der Waals surface area (Å²) < 4.78 is 9.83. The first kappa shape index (κ1) is 19.9. The van der Waals surface area contributed by atoms with Gasteiger partial charge in [-0.15, -0.1) is 5.43 Å². The molecular weight excluding hydrogens is 330 g/mol. The highest BCUT2D eigenvalue weighted by Gasteiger charge is 2.35. The van der Waals surface area contributed by atoms with Gasteiger partial charge in [-0.25, -0.2) is 4.79 Å². The van der Waals surface area contributed by atoms with Crippen molar-refractivity contribution in [3.8, 4) is 0 Å². The van der Waals surface area contributed by atoms with Crippen LogP contribution in [0.5, 0.6) is 0 Å².